The summed E-state index contributed by atoms with van der Waals surface area (Å²) < 4.78 is 0. The van der Waals surface area contributed by atoms with Crippen LogP contribution in [0.2, 0.25) is 0 Å². The number of phenolic OH excluding ortho intramolecular Hbond substituents is 2. The first-order chi connectivity index (χ1) is 22.4. The molecule has 260 valence electrons. The first-order valence-corrected chi connectivity index (χ1v) is 17.3. The number of aryl methyl sites for hydroxylation is 2. The van der Waals surface area contributed by atoms with Gasteiger partial charge in [0.2, 0.25) is 0 Å². The maximum atomic E-state index is 11.4. The zero-order chi connectivity index (χ0) is 36.7. The lowest BCUT2D eigenvalue weighted by Crippen LogP contribution is -2.17. The minimum atomic E-state index is -0.231. The molecule has 4 rings (SSSR count). The molecule has 0 saturated heterocycles. The zero-order valence-electron chi connectivity index (χ0n) is 32.2. The summed E-state index contributed by atoms with van der Waals surface area (Å²) in [4.78, 5) is 9.88. The fourth-order valence-corrected chi connectivity index (χ4v) is 5.65. The lowest BCUT2D eigenvalue weighted by atomic mass is 9.79. The van der Waals surface area contributed by atoms with Crippen LogP contribution >= 0.6 is 0 Å². The molecule has 5 nitrogen and oxygen atoms in total. The highest BCUT2D eigenvalue weighted by Gasteiger charge is 2.26. The Hall–Kier alpha value is -4.38. The quantitative estimate of drug-likeness (QED) is 0.180. The van der Waals surface area contributed by atoms with Crippen molar-refractivity contribution in [2.45, 2.75) is 119 Å². The number of benzene rings is 4. The standard InChI is InChI=1S/C44H57N3O2/c1-27-15-17-35(37(19-27)45-25-29-21-31(41(3,4)5)23-33(39(29)48)43(9,10)11)47-36-18-16-28(2)20-38(36)46-26-30-22-32(42(6,7)8)24-34(40(30)49)44(12,13)14/h15-26,47-49H,1-14H3. The molecule has 0 fully saturated rings. The lowest BCUT2D eigenvalue weighted by molar-refractivity contribution is 0.443. The normalized spacial score (nSPS) is 13.1. The van der Waals surface area contributed by atoms with Gasteiger partial charge in [0, 0.05) is 34.7 Å². The summed E-state index contributed by atoms with van der Waals surface area (Å²) in [5.41, 5.74) is 10.1. The van der Waals surface area contributed by atoms with Gasteiger partial charge in [-0.05, 0) is 94.2 Å². The first-order valence-electron chi connectivity index (χ1n) is 17.3. The Morgan fingerprint density at radius 3 is 1.14 bits per heavy atom. The van der Waals surface area contributed by atoms with Gasteiger partial charge in [-0.3, -0.25) is 9.98 Å². The summed E-state index contributed by atoms with van der Waals surface area (Å²) in [6, 6.07) is 20.5. The zero-order valence-corrected chi connectivity index (χ0v) is 32.2. The van der Waals surface area contributed by atoms with E-state index in [4.69, 9.17) is 9.98 Å². The molecule has 0 unspecified atom stereocenters. The first kappa shape index (κ1) is 37.4. The van der Waals surface area contributed by atoms with Crippen LogP contribution in [0.3, 0.4) is 0 Å². The predicted molar refractivity (Wildman–Crippen MR) is 211 cm³/mol. The lowest BCUT2D eigenvalue weighted by Gasteiger charge is -2.27. The molecule has 5 heteroatoms. The highest BCUT2D eigenvalue weighted by Crippen LogP contribution is 2.40. The molecule has 4 aromatic carbocycles. The van der Waals surface area contributed by atoms with Crippen LogP contribution in [-0.2, 0) is 21.7 Å². The molecule has 49 heavy (non-hydrogen) atoms. The van der Waals surface area contributed by atoms with Gasteiger partial charge in [0.25, 0.3) is 0 Å². The Labute approximate surface area is 295 Å². The summed E-state index contributed by atoms with van der Waals surface area (Å²) in [7, 11) is 0. The number of rotatable bonds is 6. The molecule has 0 bridgehead atoms. The third-order valence-corrected chi connectivity index (χ3v) is 8.89. The Bertz CT molecular complexity index is 1760. The van der Waals surface area contributed by atoms with Crippen LogP contribution in [0.4, 0.5) is 22.7 Å². The van der Waals surface area contributed by atoms with Gasteiger partial charge < -0.3 is 15.5 Å². The van der Waals surface area contributed by atoms with Crippen molar-refractivity contribution in [3.8, 4) is 11.5 Å². The fourth-order valence-electron chi connectivity index (χ4n) is 5.65. The molecule has 0 aliphatic carbocycles. The molecule has 0 amide bonds. The Balaban J connectivity index is 1.78. The Morgan fingerprint density at radius 1 is 0.490 bits per heavy atom. The van der Waals surface area contributed by atoms with Gasteiger partial charge in [0.05, 0.1) is 22.7 Å². The average molecular weight is 660 g/mol. The molecule has 0 aliphatic rings. The number of aromatic hydroxyl groups is 2. The number of aliphatic imine (C=N–C) groups is 2. The van der Waals surface area contributed by atoms with Crippen LogP contribution in [0, 0.1) is 13.8 Å². The van der Waals surface area contributed by atoms with E-state index in [1.807, 2.05) is 50.2 Å². The average Bonchev–Trinajstić information content (AvgIpc) is 2.95. The summed E-state index contributed by atoms with van der Waals surface area (Å²) >= 11 is 0. The number of anilines is 2. The number of hydrogen-bond acceptors (Lipinski definition) is 5. The second kappa shape index (κ2) is 13.5. The molecular weight excluding hydrogens is 603 g/mol. The summed E-state index contributed by atoms with van der Waals surface area (Å²) in [5.74, 6) is 0.518. The second-order valence-corrected chi connectivity index (χ2v) is 17.6. The van der Waals surface area contributed by atoms with E-state index in [1.165, 1.54) is 0 Å². The van der Waals surface area contributed by atoms with E-state index >= 15 is 0 Å². The molecule has 4 aromatic rings. The van der Waals surface area contributed by atoms with Crippen LogP contribution in [-0.4, -0.2) is 22.6 Å². The van der Waals surface area contributed by atoms with Crippen molar-refractivity contribution in [2.75, 3.05) is 5.32 Å². The van der Waals surface area contributed by atoms with Gasteiger partial charge in [-0.2, -0.15) is 0 Å². The van der Waals surface area contributed by atoms with E-state index in [-0.39, 0.29) is 33.2 Å². The van der Waals surface area contributed by atoms with Gasteiger partial charge in [-0.1, -0.05) is 107 Å². The van der Waals surface area contributed by atoms with Crippen LogP contribution in [0.25, 0.3) is 0 Å². The SMILES string of the molecule is Cc1ccc(Nc2ccc(C)cc2N=Cc2cc(C(C)(C)C)cc(C(C)(C)C)c2O)c(N=Cc2cc(C(C)(C)C)cc(C(C)(C)C)c2O)c1. The van der Waals surface area contributed by atoms with Crippen LogP contribution in [0.5, 0.6) is 11.5 Å². The van der Waals surface area contributed by atoms with Crippen LogP contribution < -0.4 is 5.32 Å². The predicted octanol–water partition coefficient (Wildman–Crippen LogP) is 12.1. The van der Waals surface area contributed by atoms with Crippen LogP contribution in [0.1, 0.15) is 128 Å². The largest absolute Gasteiger partial charge is 0.507 e. The summed E-state index contributed by atoms with van der Waals surface area (Å²) in [5, 5.41) is 26.3. The molecule has 0 aliphatic heterocycles. The third-order valence-electron chi connectivity index (χ3n) is 8.89. The minimum Gasteiger partial charge on any atom is -0.507 e. The van der Waals surface area contributed by atoms with Gasteiger partial charge in [0.15, 0.2) is 0 Å². The van der Waals surface area contributed by atoms with E-state index in [9.17, 15) is 10.2 Å². The van der Waals surface area contributed by atoms with Crippen molar-refractivity contribution in [1.29, 1.82) is 0 Å². The van der Waals surface area contributed by atoms with Crippen molar-refractivity contribution < 1.29 is 10.2 Å². The maximum absolute atomic E-state index is 11.4. The van der Waals surface area contributed by atoms with E-state index in [1.54, 1.807) is 12.4 Å². The van der Waals surface area contributed by atoms with E-state index in [2.05, 4.69) is 113 Å². The molecule has 0 saturated carbocycles. The molecule has 0 atom stereocenters. The number of phenols is 2. The van der Waals surface area contributed by atoms with Gasteiger partial charge >= 0.3 is 0 Å². The van der Waals surface area contributed by atoms with E-state index in [0.717, 1.165) is 56.1 Å². The Morgan fingerprint density at radius 2 is 0.837 bits per heavy atom. The second-order valence-electron chi connectivity index (χ2n) is 17.6. The van der Waals surface area contributed by atoms with Crippen molar-refractivity contribution in [3.05, 3.63) is 105 Å². The summed E-state index contributed by atoms with van der Waals surface area (Å²) in [6.45, 7) is 29.9. The minimum absolute atomic E-state index is 0.0894. The Kier molecular flexibility index (Phi) is 10.3. The van der Waals surface area contributed by atoms with E-state index in [0.29, 0.717) is 11.1 Å². The molecule has 0 aromatic heterocycles. The van der Waals surface area contributed by atoms with Crippen molar-refractivity contribution in [3.63, 3.8) is 0 Å². The topological polar surface area (TPSA) is 77.2 Å². The smallest absolute Gasteiger partial charge is 0.128 e. The molecule has 0 radical (unpaired) electrons. The highest BCUT2D eigenvalue weighted by atomic mass is 16.3. The van der Waals surface area contributed by atoms with Crippen molar-refractivity contribution in [1.82, 2.24) is 0 Å². The number of nitrogens with one attached hydrogen (secondary N) is 1. The molecule has 3 N–H and O–H groups in total. The molecule has 0 heterocycles. The van der Waals surface area contributed by atoms with Crippen molar-refractivity contribution >= 4 is 35.2 Å². The monoisotopic (exact) mass is 659 g/mol. The summed E-state index contributed by atoms with van der Waals surface area (Å²) in [6.07, 6.45) is 3.54. The van der Waals surface area contributed by atoms with Gasteiger partial charge in [0.1, 0.15) is 11.5 Å². The fraction of sp³-hybridized carbons (Fsp3) is 0.409. The molecular formula is C44H57N3O2. The van der Waals surface area contributed by atoms with Crippen LogP contribution in [0.15, 0.2) is 70.6 Å². The maximum Gasteiger partial charge on any atom is 0.128 e. The number of hydrogen-bond donors (Lipinski definition) is 3. The van der Waals surface area contributed by atoms with E-state index < -0.39 is 0 Å². The van der Waals surface area contributed by atoms with Crippen molar-refractivity contribution in [2.24, 2.45) is 9.98 Å². The number of nitrogens with zero attached hydrogens (tertiary/aromatic N) is 2. The molecule has 0 spiro atoms. The van der Waals surface area contributed by atoms with Gasteiger partial charge in [-0.25, -0.2) is 0 Å². The van der Waals surface area contributed by atoms with Gasteiger partial charge in [-0.15, -0.1) is 0 Å². The third kappa shape index (κ3) is 9.00. The highest BCUT2D eigenvalue weighted by molar-refractivity contribution is 5.91.